The number of nitrogen functional groups attached to an aromatic ring is 1. The number of nitrogens with zero attached hydrogens (tertiary/aromatic N) is 4. The second kappa shape index (κ2) is 6.41. The highest BCUT2D eigenvalue weighted by Crippen LogP contribution is 2.27. The molecule has 8 heteroatoms. The van der Waals surface area contributed by atoms with Crippen molar-refractivity contribution in [2.75, 3.05) is 18.8 Å². The van der Waals surface area contributed by atoms with Crippen LogP contribution in [0.4, 0.5) is 5.82 Å². The zero-order chi connectivity index (χ0) is 16.2. The monoisotopic (exact) mass is 311 g/mol. The zero-order valence-corrected chi connectivity index (χ0v) is 12.4. The van der Waals surface area contributed by atoms with Crippen LogP contribution in [0.3, 0.4) is 0 Å². The second-order valence-electron chi connectivity index (χ2n) is 4.98. The summed E-state index contributed by atoms with van der Waals surface area (Å²) < 4.78 is 1.62. The Bertz CT molecular complexity index is 828. The predicted molar refractivity (Wildman–Crippen MR) is 86.6 cm³/mol. The summed E-state index contributed by atoms with van der Waals surface area (Å²) in [4.78, 5) is 20.4. The average Bonchev–Trinajstić information content (AvgIpc) is 2.97. The standard InChI is InChI=1S/C15H17N7O/c16-4-1-5-19-15(23)11-8-12(10-2-6-18-7-3-10)22-13(11)14(17)20-9-21-22/h2-3,6-9H,1,4-5,16H2,(H,19,23)(H2,17,20,21). The molecular formula is C15H17N7O. The van der Waals surface area contributed by atoms with E-state index in [2.05, 4.69) is 20.4 Å². The molecule has 0 radical (unpaired) electrons. The minimum atomic E-state index is -0.224. The molecule has 23 heavy (non-hydrogen) atoms. The Hall–Kier alpha value is -3.00. The molecule has 0 bridgehead atoms. The van der Waals surface area contributed by atoms with Crippen molar-refractivity contribution in [2.24, 2.45) is 5.73 Å². The van der Waals surface area contributed by atoms with Crippen molar-refractivity contribution in [3.63, 3.8) is 0 Å². The quantitative estimate of drug-likeness (QED) is 0.588. The molecule has 1 amide bonds. The first-order chi connectivity index (χ1) is 11.2. The normalized spacial score (nSPS) is 10.8. The molecule has 0 fully saturated rings. The molecule has 5 N–H and O–H groups in total. The van der Waals surface area contributed by atoms with E-state index in [9.17, 15) is 4.79 Å². The van der Waals surface area contributed by atoms with E-state index in [-0.39, 0.29) is 11.7 Å². The van der Waals surface area contributed by atoms with Gasteiger partial charge in [0, 0.05) is 24.5 Å². The minimum Gasteiger partial charge on any atom is -0.382 e. The molecule has 0 aliphatic heterocycles. The summed E-state index contributed by atoms with van der Waals surface area (Å²) in [5.74, 6) is 0.0297. The topological polar surface area (TPSA) is 124 Å². The fourth-order valence-electron chi connectivity index (χ4n) is 2.37. The molecule has 3 aromatic rings. The lowest BCUT2D eigenvalue weighted by atomic mass is 10.1. The van der Waals surface area contributed by atoms with Gasteiger partial charge in [-0.25, -0.2) is 9.50 Å². The molecule has 0 unspecified atom stereocenters. The summed E-state index contributed by atoms with van der Waals surface area (Å²) in [7, 11) is 0. The van der Waals surface area contributed by atoms with Crippen molar-refractivity contribution in [1.82, 2.24) is 24.9 Å². The first kappa shape index (κ1) is 14.9. The number of rotatable bonds is 5. The Morgan fingerprint density at radius 2 is 2.09 bits per heavy atom. The third-order valence-electron chi connectivity index (χ3n) is 3.47. The van der Waals surface area contributed by atoms with Gasteiger partial charge in [-0.15, -0.1) is 0 Å². The molecule has 0 spiro atoms. The number of aromatic nitrogens is 4. The van der Waals surface area contributed by atoms with Crippen LogP contribution in [0.15, 0.2) is 36.9 Å². The minimum absolute atomic E-state index is 0.224. The smallest absolute Gasteiger partial charge is 0.253 e. The largest absolute Gasteiger partial charge is 0.382 e. The molecule has 0 aliphatic carbocycles. The number of carbonyl (C=O) groups excluding carboxylic acids is 1. The molecule has 3 rings (SSSR count). The highest BCUT2D eigenvalue weighted by Gasteiger charge is 2.19. The Kier molecular flexibility index (Phi) is 4.15. The molecule has 3 heterocycles. The first-order valence-corrected chi connectivity index (χ1v) is 7.23. The molecule has 0 saturated carbocycles. The van der Waals surface area contributed by atoms with Crippen molar-refractivity contribution in [3.8, 4) is 11.3 Å². The van der Waals surface area contributed by atoms with Crippen LogP contribution in [0.2, 0.25) is 0 Å². The summed E-state index contributed by atoms with van der Waals surface area (Å²) in [6.45, 7) is 1.02. The number of carbonyl (C=O) groups is 1. The fourth-order valence-corrected chi connectivity index (χ4v) is 2.37. The summed E-state index contributed by atoms with van der Waals surface area (Å²) >= 11 is 0. The summed E-state index contributed by atoms with van der Waals surface area (Å²) in [5.41, 5.74) is 14.0. The lowest BCUT2D eigenvalue weighted by Crippen LogP contribution is -2.26. The maximum atomic E-state index is 12.4. The molecule has 8 nitrogen and oxygen atoms in total. The number of anilines is 1. The van der Waals surface area contributed by atoms with Gasteiger partial charge in [0.15, 0.2) is 5.82 Å². The van der Waals surface area contributed by atoms with Crippen LogP contribution in [0, 0.1) is 0 Å². The third kappa shape index (κ3) is 2.84. The van der Waals surface area contributed by atoms with Crippen LogP contribution in [-0.4, -0.2) is 38.6 Å². The Balaban J connectivity index is 2.10. The van der Waals surface area contributed by atoms with Gasteiger partial charge in [0.1, 0.15) is 11.8 Å². The van der Waals surface area contributed by atoms with E-state index in [1.54, 1.807) is 23.0 Å². The summed E-state index contributed by atoms with van der Waals surface area (Å²) in [6, 6.07) is 5.44. The van der Waals surface area contributed by atoms with Crippen LogP contribution in [0.5, 0.6) is 0 Å². The number of nitrogens with two attached hydrogens (primary N) is 2. The lowest BCUT2D eigenvalue weighted by Gasteiger charge is -2.04. The number of pyridine rings is 1. The van der Waals surface area contributed by atoms with E-state index in [1.165, 1.54) is 6.33 Å². The third-order valence-corrected chi connectivity index (χ3v) is 3.47. The van der Waals surface area contributed by atoms with Crippen molar-refractivity contribution >= 4 is 17.2 Å². The number of nitrogens with one attached hydrogen (secondary N) is 1. The van der Waals surface area contributed by atoms with Gasteiger partial charge in [-0.05, 0) is 31.2 Å². The first-order valence-electron chi connectivity index (χ1n) is 7.23. The van der Waals surface area contributed by atoms with E-state index in [1.807, 2.05) is 12.1 Å². The number of hydrogen-bond donors (Lipinski definition) is 3. The number of hydrogen-bond acceptors (Lipinski definition) is 6. The maximum Gasteiger partial charge on any atom is 0.253 e. The van der Waals surface area contributed by atoms with E-state index in [4.69, 9.17) is 11.5 Å². The van der Waals surface area contributed by atoms with E-state index in [0.717, 1.165) is 11.3 Å². The molecule has 0 saturated heterocycles. The van der Waals surface area contributed by atoms with Gasteiger partial charge in [0.25, 0.3) is 5.91 Å². The van der Waals surface area contributed by atoms with E-state index < -0.39 is 0 Å². The van der Waals surface area contributed by atoms with Crippen LogP contribution in [-0.2, 0) is 0 Å². The summed E-state index contributed by atoms with van der Waals surface area (Å²) in [6.07, 6.45) is 5.43. The van der Waals surface area contributed by atoms with Crippen molar-refractivity contribution in [1.29, 1.82) is 0 Å². The molecule has 0 atom stereocenters. The Labute approximate surface area is 132 Å². The van der Waals surface area contributed by atoms with Gasteiger partial charge < -0.3 is 16.8 Å². The van der Waals surface area contributed by atoms with Gasteiger partial charge in [-0.1, -0.05) is 0 Å². The van der Waals surface area contributed by atoms with E-state index >= 15 is 0 Å². The molecular weight excluding hydrogens is 294 g/mol. The van der Waals surface area contributed by atoms with Gasteiger partial charge >= 0.3 is 0 Å². The van der Waals surface area contributed by atoms with Crippen LogP contribution < -0.4 is 16.8 Å². The SMILES string of the molecule is NCCCNC(=O)c1cc(-c2ccncc2)n2ncnc(N)c12. The molecule has 3 aromatic heterocycles. The Morgan fingerprint density at radius 3 is 2.83 bits per heavy atom. The highest BCUT2D eigenvalue weighted by molar-refractivity contribution is 6.05. The lowest BCUT2D eigenvalue weighted by molar-refractivity contribution is 0.0955. The maximum absolute atomic E-state index is 12.4. The fraction of sp³-hybridized carbons (Fsp3) is 0.200. The summed E-state index contributed by atoms with van der Waals surface area (Å²) in [5, 5.41) is 7.05. The van der Waals surface area contributed by atoms with Gasteiger partial charge in [0.2, 0.25) is 0 Å². The molecule has 0 aromatic carbocycles. The van der Waals surface area contributed by atoms with Crippen molar-refractivity contribution < 1.29 is 4.79 Å². The van der Waals surface area contributed by atoms with Gasteiger partial charge in [-0.2, -0.15) is 5.10 Å². The van der Waals surface area contributed by atoms with E-state index in [0.29, 0.717) is 30.6 Å². The predicted octanol–water partition coefficient (Wildman–Crippen LogP) is 0.452. The van der Waals surface area contributed by atoms with Gasteiger partial charge in [0.05, 0.1) is 11.3 Å². The van der Waals surface area contributed by atoms with Crippen molar-refractivity contribution in [3.05, 3.63) is 42.5 Å². The number of fused-ring (bicyclic) bond motifs is 1. The van der Waals surface area contributed by atoms with Crippen LogP contribution in [0.1, 0.15) is 16.8 Å². The highest BCUT2D eigenvalue weighted by atomic mass is 16.1. The van der Waals surface area contributed by atoms with Crippen molar-refractivity contribution in [2.45, 2.75) is 6.42 Å². The average molecular weight is 311 g/mol. The molecule has 118 valence electrons. The number of amides is 1. The molecule has 0 aliphatic rings. The zero-order valence-electron chi connectivity index (χ0n) is 12.4. The van der Waals surface area contributed by atoms with Gasteiger partial charge in [-0.3, -0.25) is 9.78 Å². The Morgan fingerprint density at radius 1 is 1.30 bits per heavy atom. The van der Waals surface area contributed by atoms with Crippen LogP contribution in [0.25, 0.3) is 16.8 Å². The van der Waals surface area contributed by atoms with Crippen LogP contribution >= 0.6 is 0 Å². The second-order valence-corrected chi connectivity index (χ2v) is 4.98.